The van der Waals surface area contributed by atoms with Gasteiger partial charge in [-0.1, -0.05) is 71.7 Å². The molecule has 2 aliphatic rings. The van der Waals surface area contributed by atoms with Crippen molar-refractivity contribution in [3.63, 3.8) is 0 Å². The summed E-state index contributed by atoms with van der Waals surface area (Å²) in [5, 5.41) is 7.59. The zero-order chi connectivity index (χ0) is 26.4. The highest BCUT2D eigenvalue weighted by Gasteiger charge is 2.44. The number of halogens is 2. The van der Waals surface area contributed by atoms with E-state index in [-0.39, 0.29) is 18.1 Å². The Morgan fingerprint density at radius 3 is 2.61 bits per heavy atom. The number of hydrogen-bond donors (Lipinski definition) is 0. The number of carbonyl (C=O) groups is 2. The summed E-state index contributed by atoms with van der Waals surface area (Å²) < 4.78 is 1.76. The SMILES string of the molecule is CC1=Nc2ccnn2C(c2ccc(Cl)c(Cl)c2)C1C(=O)N1CCC[C@H]1C(=O)Cc1ccc2ccccc2c1. The first kappa shape index (κ1) is 24.8. The van der Waals surface area contributed by atoms with E-state index >= 15 is 0 Å². The van der Waals surface area contributed by atoms with E-state index in [4.69, 9.17) is 23.2 Å². The van der Waals surface area contributed by atoms with Crippen LogP contribution in [0.25, 0.3) is 10.8 Å². The second-order valence-electron chi connectivity index (χ2n) is 10.00. The van der Waals surface area contributed by atoms with E-state index < -0.39 is 18.0 Å². The van der Waals surface area contributed by atoms with E-state index in [1.54, 1.807) is 27.9 Å². The summed E-state index contributed by atoms with van der Waals surface area (Å²) in [6, 6.07) is 20.5. The monoisotopic (exact) mass is 544 g/mol. The third kappa shape index (κ3) is 4.42. The molecular formula is C30H26Cl2N4O2. The second-order valence-corrected chi connectivity index (χ2v) is 10.8. The zero-order valence-electron chi connectivity index (χ0n) is 20.8. The van der Waals surface area contributed by atoms with Crippen molar-refractivity contribution in [2.75, 3.05) is 6.54 Å². The zero-order valence-corrected chi connectivity index (χ0v) is 22.4. The second kappa shape index (κ2) is 10.0. The van der Waals surface area contributed by atoms with Gasteiger partial charge in [0.05, 0.1) is 28.3 Å². The smallest absolute Gasteiger partial charge is 0.234 e. The number of rotatable bonds is 5. The van der Waals surface area contributed by atoms with E-state index in [2.05, 4.69) is 22.2 Å². The molecule has 192 valence electrons. The first-order valence-electron chi connectivity index (χ1n) is 12.8. The Morgan fingerprint density at radius 1 is 0.974 bits per heavy atom. The van der Waals surface area contributed by atoms with Crippen molar-refractivity contribution >= 4 is 57.2 Å². The lowest BCUT2D eigenvalue weighted by molar-refractivity contribution is -0.139. The lowest BCUT2D eigenvalue weighted by Crippen LogP contribution is -2.48. The molecule has 6 nitrogen and oxygen atoms in total. The van der Waals surface area contributed by atoms with E-state index in [0.29, 0.717) is 34.5 Å². The predicted octanol–water partition coefficient (Wildman–Crippen LogP) is 6.46. The van der Waals surface area contributed by atoms with Crippen LogP contribution >= 0.6 is 23.2 Å². The largest absolute Gasteiger partial charge is 0.332 e. The molecule has 4 aromatic rings. The van der Waals surface area contributed by atoms with E-state index in [9.17, 15) is 9.59 Å². The average molecular weight is 545 g/mol. The lowest BCUT2D eigenvalue weighted by Gasteiger charge is -2.35. The number of fused-ring (bicyclic) bond motifs is 2. The maximum atomic E-state index is 14.2. The van der Waals surface area contributed by atoms with Gasteiger partial charge in [0.2, 0.25) is 5.91 Å². The number of hydrogen-bond acceptors (Lipinski definition) is 4. The average Bonchev–Trinajstić information content (AvgIpc) is 3.59. The summed E-state index contributed by atoms with van der Waals surface area (Å²) in [7, 11) is 0. The molecule has 3 aromatic carbocycles. The Balaban J connectivity index is 1.30. The van der Waals surface area contributed by atoms with E-state index in [1.807, 2.05) is 49.4 Å². The molecule has 0 radical (unpaired) electrons. The molecule has 1 saturated heterocycles. The molecule has 2 unspecified atom stereocenters. The molecule has 6 rings (SSSR count). The van der Waals surface area contributed by atoms with Crippen LogP contribution in [0, 0.1) is 5.92 Å². The molecule has 0 spiro atoms. The summed E-state index contributed by atoms with van der Waals surface area (Å²) in [5.74, 6) is 0.00178. The number of benzene rings is 3. The number of carbonyl (C=O) groups excluding carboxylic acids is 2. The summed E-state index contributed by atoms with van der Waals surface area (Å²) in [5.41, 5.74) is 2.46. The first-order chi connectivity index (χ1) is 18.4. The highest BCUT2D eigenvalue weighted by atomic mass is 35.5. The number of aromatic nitrogens is 2. The topological polar surface area (TPSA) is 67.6 Å². The quantitative estimate of drug-likeness (QED) is 0.289. The third-order valence-electron chi connectivity index (χ3n) is 7.62. The van der Waals surface area contributed by atoms with Gasteiger partial charge in [0.1, 0.15) is 5.92 Å². The highest BCUT2D eigenvalue weighted by molar-refractivity contribution is 6.42. The van der Waals surface area contributed by atoms with Crippen molar-refractivity contribution in [3.05, 3.63) is 94.1 Å². The number of amides is 1. The molecule has 3 atom stereocenters. The molecule has 1 aromatic heterocycles. The normalized spacial score (nSPS) is 20.9. The molecule has 8 heteroatoms. The number of nitrogens with zero attached hydrogens (tertiary/aromatic N) is 4. The minimum absolute atomic E-state index is 0.0578. The van der Waals surface area contributed by atoms with Gasteiger partial charge in [-0.2, -0.15) is 5.10 Å². The van der Waals surface area contributed by atoms with Crippen molar-refractivity contribution in [3.8, 4) is 0 Å². The number of likely N-dealkylation sites (tertiary alicyclic amines) is 1. The molecule has 0 saturated carbocycles. The lowest BCUT2D eigenvalue weighted by atomic mass is 9.86. The molecule has 0 bridgehead atoms. The first-order valence-corrected chi connectivity index (χ1v) is 13.5. The van der Waals surface area contributed by atoms with Crippen LogP contribution in [0.2, 0.25) is 10.0 Å². The molecular weight excluding hydrogens is 519 g/mol. The standard InChI is InChI=1S/C30H26Cl2N4O2/c1-18-28(29(36-27(34-18)12-13-33-36)22-10-11-23(31)24(32)17-22)30(38)35-14-4-7-25(35)26(37)16-19-8-9-20-5-2-3-6-21(20)15-19/h2-3,5-6,8-13,15,17,25,28-29H,4,7,14,16H2,1H3/t25-,28?,29?/m0/s1. The van der Waals surface area contributed by atoms with E-state index in [1.165, 1.54) is 0 Å². The Kier molecular flexibility index (Phi) is 6.54. The predicted molar refractivity (Wildman–Crippen MR) is 150 cm³/mol. The molecule has 0 N–H and O–H groups in total. The van der Waals surface area contributed by atoms with Gasteiger partial charge in [0.25, 0.3) is 0 Å². The van der Waals surface area contributed by atoms with Crippen molar-refractivity contribution in [2.45, 2.75) is 38.3 Å². The number of Topliss-reactive ketones (excluding diaryl/α,β-unsaturated/α-hetero) is 1. The molecule has 38 heavy (non-hydrogen) atoms. The Morgan fingerprint density at radius 2 is 1.79 bits per heavy atom. The maximum absolute atomic E-state index is 14.2. The molecule has 1 fully saturated rings. The van der Waals surface area contributed by atoms with Crippen LogP contribution in [0.1, 0.15) is 36.9 Å². The van der Waals surface area contributed by atoms with Crippen LogP contribution in [0.4, 0.5) is 5.82 Å². The van der Waals surface area contributed by atoms with Crippen LogP contribution in [0.5, 0.6) is 0 Å². The van der Waals surface area contributed by atoms with Crippen molar-refractivity contribution in [1.29, 1.82) is 0 Å². The van der Waals surface area contributed by atoms with Gasteiger partial charge in [-0.15, -0.1) is 0 Å². The fourth-order valence-electron chi connectivity index (χ4n) is 5.79. The minimum Gasteiger partial charge on any atom is -0.332 e. The van der Waals surface area contributed by atoms with Crippen LogP contribution in [-0.4, -0.2) is 44.7 Å². The third-order valence-corrected chi connectivity index (χ3v) is 8.36. The minimum atomic E-state index is -0.617. The number of ketones is 1. The van der Waals surface area contributed by atoms with Crippen LogP contribution < -0.4 is 0 Å². The van der Waals surface area contributed by atoms with Gasteiger partial charge in [-0.05, 0) is 53.8 Å². The maximum Gasteiger partial charge on any atom is 0.234 e. The Hall–Kier alpha value is -3.48. The molecule has 0 aliphatic carbocycles. The molecule has 1 amide bonds. The fraction of sp³-hybridized carbons (Fsp3) is 0.267. The van der Waals surface area contributed by atoms with Gasteiger partial charge in [-0.25, -0.2) is 9.67 Å². The van der Waals surface area contributed by atoms with Gasteiger partial charge < -0.3 is 4.90 Å². The Bertz CT molecular complexity index is 1590. The van der Waals surface area contributed by atoms with Crippen molar-refractivity contribution in [1.82, 2.24) is 14.7 Å². The summed E-state index contributed by atoms with van der Waals surface area (Å²) in [4.78, 5) is 34.2. The molecule has 3 heterocycles. The molecule has 2 aliphatic heterocycles. The highest BCUT2D eigenvalue weighted by Crippen LogP contribution is 2.39. The summed E-state index contributed by atoms with van der Waals surface area (Å²) in [6.07, 6.45) is 3.41. The van der Waals surface area contributed by atoms with E-state index in [0.717, 1.165) is 28.3 Å². The number of aliphatic imine (C=N–C) groups is 1. The van der Waals surface area contributed by atoms with Crippen molar-refractivity contribution in [2.24, 2.45) is 10.9 Å². The van der Waals surface area contributed by atoms with Crippen LogP contribution in [0.15, 0.2) is 77.9 Å². The van der Waals surface area contributed by atoms with Gasteiger partial charge in [0.15, 0.2) is 11.6 Å². The Labute approximate surface area is 230 Å². The van der Waals surface area contributed by atoms with Crippen molar-refractivity contribution < 1.29 is 9.59 Å². The van der Waals surface area contributed by atoms with Gasteiger partial charge >= 0.3 is 0 Å². The summed E-state index contributed by atoms with van der Waals surface area (Å²) >= 11 is 12.6. The van der Waals surface area contributed by atoms with Gasteiger partial charge in [0, 0.05) is 24.7 Å². The summed E-state index contributed by atoms with van der Waals surface area (Å²) in [6.45, 7) is 2.41. The van der Waals surface area contributed by atoms with Crippen LogP contribution in [0.3, 0.4) is 0 Å². The fourth-order valence-corrected chi connectivity index (χ4v) is 6.09. The van der Waals surface area contributed by atoms with Crippen LogP contribution in [-0.2, 0) is 16.0 Å². The van der Waals surface area contributed by atoms with Gasteiger partial charge in [-0.3, -0.25) is 9.59 Å².